The van der Waals surface area contributed by atoms with Crippen molar-refractivity contribution < 1.29 is 13.2 Å². The van der Waals surface area contributed by atoms with Gasteiger partial charge < -0.3 is 0 Å². The normalized spacial score (nSPS) is 11.8. The summed E-state index contributed by atoms with van der Waals surface area (Å²) in [6, 6.07) is 16.3. The summed E-state index contributed by atoms with van der Waals surface area (Å²) in [7, 11) is -3.36. The second kappa shape index (κ2) is 9.64. The molecular weight excluding hydrogens is 466 g/mol. The fraction of sp³-hybridized carbons (Fsp3) is 0.269. The molecule has 2 aromatic carbocycles. The first-order chi connectivity index (χ1) is 16.2. The summed E-state index contributed by atoms with van der Waals surface area (Å²) in [5.41, 5.74) is 4.60. The zero-order valence-corrected chi connectivity index (χ0v) is 21.3. The number of anilines is 1. The van der Waals surface area contributed by atoms with Crippen molar-refractivity contribution in [1.29, 1.82) is 0 Å². The number of carbonyl (C=O) groups excluding carboxylic acids is 1. The zero-order valence-electron chi connectivity index (χ0n) is 19.6. The molecule has 0 fully saturated rings. The van der Waals surface area contributed by atoms with Crippen LogP contribution in [0.15, 0.2) is 65.7 Å². The molecule has 0 saturated heterocycles. The van der Waals surface area contributed by atoms with Gasteiger partial charge in [0.25, 0.3) is 0 Å². The molecule has 2 heterocycles. The minimum Gasteiger partial charge on any atom is -0.282 e. The van der Waals surface area contributed by atoms with Gasteiger partial charge in [0.2, 0.25) is 5.91 Å². The highest BCUT2D eigenvalue weighted by Crippen LogP contribution is 2.34. The van der Waals surface area contributed by atoms with Gasteiger partial charge in [0, 0.05) is 6.20 Å². The Morgan fingerprint density at radius 1 is 1.00 bits per heavy atom. The molecule has 0 aliphatic heterocycles. The quantitative estimate of drug-likeness (QED) is 0.351. The topological polar surface area (TPSA) is 80.2 Å². The van der Waals surface area contributed by atoms with Crippen LogP contribution in [-0.2, 0) is 27.6 Å². The van der Waals surface area contributed by atoms with Crippen LogP contribution in [0.3, 0.4) is 0 Å². The van der Waals surface area contributed by atoms with Crippen LogP contribution in [-0.4, -0.2) is 29.5 Å². The highest BCUT2D eigenvalue weighted by Gasteiger charge is 2.23. The smallest absolute Gasteiger partial charge is 0.233 e. The Morgan fingerprint density at radius 3 is 2.32 bits per heavy atom. The summed E-state index contributed by atoms with van der Waals surface area (Å²) in [6.45, 7) is 7.68. The van der Waals surface area contributed by atoms with E-state index in [1.165, 1.54) is 11.3 Å². The van der Waals surface area contributed by atoms with E-state index in [0.29, 0.717) is 11.7 Å². The van der Waals surface area contributed by atoms with Gasteiger partial charge in [0.15, 0.2) is 15.0 Å². The van der Waals surface area contributed by atoms with E-state index in [1.807, 2.05) is 38.1 Å². The van der Waals surface area contributed by atoms with Gasteiger partial charge in [-0.15, -0.1) is 0 Å². The minimum absolute atomic E-state index is 0.125. The molecule has 176 valence electrons. The molecule has 0 aliphatic carbocycles. The Morgan fingerprint density at radius 2 is 1.71 bits per heavy atom. The lowest BCUT2D eigenvalue weighted by Crippen LogP contribution is -2.32. The van der Waals surface area contributed by atoms with Crippen molar-refractivity contribution in [1.82, 2.24) is 9.97 Å². The number of fused-ring (bicyclic) bond motifs is 1. The number of rotatable bonds is 7. The summed E-state index contributed by atoms with van der Waals surface area (Å²) in [5.74, 6) is -0.125. The summed E-state index contributed by atoms with van der Waals surface area (Å²) in [6.07, 6.45) is 1.83. The van der Waals surface area contributed by atoms with Gasteiger partial charge >= 0.3 is 0 Å². The fourth-order valence-electron chi connectivity index (χ4n) is 3.62. The van der Waals surface area contributed by atoms with Crippen molar-refractivity contribution in [3.63, 3.8) is 0 Å². The van der Waals surface area contributed by atoms with Gasteiger partial charge in [-0.3, -0.25) is 14.7 Å². The lowest BCUT2D eigenvalue weighted by atomic mass is 10.1. The van der Waals surface area contributed by atoms with Crippen LogP contribution < -0.4 is 4.90 Å². The molecule has 2 aromatic heterocycles. The Balaban J connectivity index is 1.66. The first-order valence-electron chi connectivity index (χ1n) is 11.1. The van der Waals surface area contributed by atoms with Crippen molar-refractivity contribution in [2.45, 2.75) is 50.8 Å². The maximum absolute atomic E-state index is 13.5. The van der Waals surface area contributed by atoms with Gasteiger partial charge in [-0.25, -0.2) is 13.4 Å². The Labute approximate surface area is 204 Å². The number of benzene rings is 2. The monoisotopic (exact) mass is 493 g/mol. The summed E-state index contributed by atoms with van der Waals surface area (Å²) in [4.78, 5) is 24.6. The average Bonchev–Trinajstić information content (AvgIpc) is 3.27. The lowest BCUT2D eigenvalue weighted by Gasteiger charge is -2.20. The van der Waals surface area contributed by atoms with Crippen LogP contribution in [0.1, 0.15) is 36.2 Å². The molecule has 34 heavy (non-hydrogen) atoms. The maximum atomic E-state index is 13.5. The van der Waals surface area contributed by atoms with E-state index >= 15 is 0 Å². The van der Waals surface area contributed by atoms with Crippen LogP contribution in [0.4, 0.5) is 5.13 Å². The van der Waals surface area contributed by atoms with Crippen molar-refractivity contribution in [3.05, 3.63) is 83.2 Å². The minimum atomic E-state index is -3.36. The molecule has 8 heteroatoms. The molecule has 0 atom stereocenters. The van der Waals surface area contributed by atoms with E-state index in [9.17, 15) is 13.2 Å². The van der Waals surface area contributed by atoms with Gasteiger partial charge in [0.1, 0.15) is 0 Å². The van der Waals surface area contributed by atoms with Crippen molar-refractivity contribution >= 4 is 42.4 Å². The molecule has 0 unspecified atom stereocenters. The van der Waals surface area contributed by atoms with Crippen molar-refractivity contribution in [2.24, 2.45) is 0 Å². The first-order valence-corrected chi connectivity index (χ1v) is 13.4. The molecule has 0 radical (unpaired) electrons. The number of carbonyl (C=O) groups is 1. The van der Waals surface area contributed by atoms with Crippen LogP contribution >= 0.6 is 11.3 Å². The van der Waals surface area contributed by atoms with E-state index in [0.717, 1.165) is 32.6 Å². The van der Waals surface area contributed by atoms with E-state index in [4.69, 9.17) is 4.98 Å². The number of hydrogen-bond acceptors (Lipinski definition) is 6. The van der Waals surface area contributed by atoms with Gasteiger partial charge in [0.05, 0.1) is 39.0 Å². The Kier molecular flexibility index (Phi) is 6.81. The van der Waals surface area contributed by atoms with E-state index in [1.54, 1.807) is 49.2 Å². The highest BCUT2D eigenvalue weighted by molar-refractivity contribution is 7.92. The zero-order chi connectivity index (χ0) is 24.5. The third-order valence-electron chi connectivity index (χ3n) is 5.74. The highest BCUT2D eigenvalue weighted by atomic mass is 32.2. The predicted molar refractivity (Wildman–Crippen MR) is 137 cm³/mol. The largest absolute Gasteiger partial charge is 0.282 e. The SMILES string of the molecule is Cc1ccc(C)c2sc(N(Cc3ccccn3)C(=O)Cc3ccc(S(=O)(=O)C(C)C)cc3)nc12. The summed E-state index contributed by atoms with van der Waals surface area (Å²) in [5, 5.41) is 0.127. The average molecular weight is 494 g/mol. The first kappa shape index (κ1) is 24.0. The fourth-order valence-corrected chi connectivity index (χ4v) is 5.81. The molecular formula is C26H27N3O3S2. The second-order valence-electron chi connectivity index (χ2n) is 8.59. The van der Waals surface area contributed by atoms with Crippen molar-refractivity contribution in [2.75, 3.05) is 4.90 Å². The number of hydrogen-bond donors (Lipinski definition) is 0. The summed E-state index contributed by atoms with van der Waals surface area (Å²) >= 11 is 1.50. The Hall–Kier alpha value is -3.10. The predicted octanol–water partition coefficient (Wildman–Crippen LogP) is 5.27. The molecule has 0 spiro atoms. The number of pyridine rings is 1. The number of aryl methyl sites for hydroxylation is 2. The molecule has 4 aromatic rings. The van der Waals surface area contributed by atoms with Crippen LogP contribution in [0.2, 0.25) is 0 Å². The molecule has 0 saturated carbocycles. The number of aromatic nitrogens is 2. The molecule has 0 N–H and O–H groups in total. The van der Waals surface area contributed by atoms with Gasteiger partial charge in [-0.1, -0.05) is 41.7 Å². The van der Waals surface area contributed by atoms with E-state index < -0.39 is 15.1 Å². The van der Waals surface area contributed by atoms with Crippen molar-refractivity contribution in [3.8, 4) is 0 Å². The maximum Gasteiger partial charge on any atom is 0.233 e. The van der Waals surface area contributed by atoms with Crippen LogP contribution in [0.5, 0.6) is 0 Å². The van der Waals surface area contributed by atoms with E-state index in [2.05, 4.69) is 11.1 Å². The Bertz CT molecular complexity index is 1390. The van der Waals surface area contributed by atoms with Crippen LogP contribution in [0, 0.1) is 13.8 Å². The lowest BCUT2D eigenvalue weighted by molar-refractivity contribution is -0.118. The number of amides is 1. The third-order valence-corrected chi connectivity index (χ3v) is 9.12. The standard InChI is InChI=1S/C26H27N3O3S2/c1-17(2)34(31,32)22-12-10-20(11-13-22)15-23(30)29(16-21-7-5-6-14-27-21)26-28-24-18(3)8-9-19(4)25(24)33-26/h5-14,17H,15-16H2,1-4H3. The van der Waals surface area contributed by atoms with Gasteiger partial charge in [-0.2, -0.15) is 0 Å². The molecule has 0 aliphatic rings. The number of thiazole rings is 1. The van der Waals surface area contributed by atoms with Gasteiger partial charge in [-0.05, 0) is 68.7 Å². The second-order valence-corrected chi connectivity index (χ2v) is 12.1. The number of sulfone groups is 1. The van der Waals surface area contributed by atoms with Crippen LogP contribution in [0.25, 0.3) is 10.2 Å². The molecule has 6 nitrogen and oxygen atoms in total. The molecule has 4 rings (SSSR count). The van der Waals surface area contributed by atoms with E-state index in [-0.39, 0.29) is 17.2 Å². The molecule has 1 amide bonds. The number of nitrogens with zero attached hydrogens (tertiary/aromatic N) is 3. The summed E-state index contributed by atoms with van der Waals surface area (Å²) < 4.78 is 25.9. The molecule has 0 bridgehead atoms. The third kappa shape index (κ3) is 4.88.